The molecular weight excluding hydrogens is 261 g/mol. The minimum Gasteiger partial charge on any atom is -0.324 e. The Morgan fingerprint density at radius 3 is 2.84 bits per heavy atom. The molecule has 0 heterocycles. The summed E-state index contributed by atoms with van der Waals surface area (Å²) in [5.41, 5.74) is 11.1. The highest BCUT2D eigenvalue weighted by Crippen LogP contribution is 2.35. The second kappa shape index (κ2) is 4.62. The van der Waals surface area contributed by atoms with Gasteiger partial charge in [0.25, 0.3) is 0 Å². The van der Waals surface area contributed by atoms with Crippen LogP contribution in [0.4, 0.5) is 4.39 Å². The Balaban J connectivity index is 2.11. The van der Waals surface area contributed by atoms with Gasteiger partial charge < -0.3 is 5.73 Å². The highest BCUT2D eigenvalue weighted by Gasteiger charge is 2.19. The first-order valence-corrected chi connectivity index (χ1v) is 6.78. The van der Waals surface area contributed by atoms with Crippen LogP contribution in [0.25, 0.3) is 11.1 Å². The van der Waals surface area contributed by atoms with Gasteiger partial charge >= 0.3 is 0 Å². The van der Waals surface area contributed by atoms with Crippen LogP contribution in [0, 0.1) is 12.7 Å². The number of rotatable bonds is 1. The van der Waals surface area contributed by atoms with Crippen LogP contribution >= 0.6 is 11.6 Å². The largest absolute Gasteiger partial charge is 0.324 e. The molecule has 2 aromatic rings. The Hall–Kier alpha value is -1.38. The number of fused-ring (bicyclic) bond motifs is 1. The molecule has 0 spiro atoms. The highest BCUT2D eigenvalue weighted by molar-refractivity contribution is 6.33. The maximum Gasteiger partial charge on any atom is 0.127 e. The number of hydrogen-bond donors (Lipinski definition) is 1. The van der Waals surface area contributed by atoms with E-state index in [1.165, 1.54) is 17.2 Å². The summed E-state index contributed by atoms with van der Waals surface area (Å²) in [4.78, 5) is 0. The SMILES string of the molecule is Cc1cc(-c2ccc3c(c2)CCC3N)c(Cl)cc1F. The second-order valence-electron chi connectivity index (χ2n) is 5.14. The van der Waals surface area contributed by atoms with E-state index in [1.807, 2.05) is 6.07 Å². The van der Waals surface area contributed by atoms with E-state index in [4.69, 9.17) is 17.3 Å². The lowest BCUT2D eigenvalue weighted by Gasteiger charge is -2.10. The van der Waals surface area contributed by atoms with E-state index in [0.717, 1.165) is 24.0 Å². The van der Waals surface area contributed by atoms with Gasteiger partial charge in [0, 0.05) is 11.6 Å². The average molecular weight is 276 g/mol. The van der Waals surface area contributed by atoms with Gasteiger partial charge in [-0.15, -0.1) is 0 Å². The molecule has 1 atom stereocenters. The van der Waals surface area contributed by atoms with Crippen LogP contribution in [-0.2, 0) is 6.42 Å². The van der Waals surface area contributed by atoms with Crippen molar-refractivity contribution < 1.29 is 4.39 Å². The zero-order chi connectivity index (χ0) is 13.6. The minimum atomic E-state index is -0.267. The second-order valence-corrected chi connectivity index (χ2v) is 5.55. The fourth-order valence-corrected chi connectivity index (χ4v) is 2.96. The number of aryl methyl sites for hydroxylation is 2. The molecule has 0 amide bonds. The molecule has 3 heteroatoms. The maximum atomic E-state index is 13.4. The van der Waals surface area contributed by atoms with E-state index in [9.17, 15) is 4.39 Å². The molecule has 0 saturated heterocycles. The van der Waals surface area contributed by atoms with Crippen molar-refractivity contribution in [3.63, 3.8) is 0 Å². The fraction of sp³-hybridized carbons (Fsp3) is 0.250. The van der Waals surface area contributed by atoms with Crippen LogP contribution in [0.15, 0.2) is 30.3 Å². The monoisotopic (exact) mass is 275 g/mol. The standard InChI is InChI=1S/C16H15ClFN/c1-9-6-13(14(17)8-15(9)18)11-2-4-12-10(7-11)3-5-16(12)19/h2,4,6-8,16H,3,5,19H2,1H3. The van der Waals surface area contributed by atoms with Crippen molar-refractivity contribution in [3.05, 3.63) is 57.9 Å². The van der Waals surface area contributed by atoms with Crippen LogP contribution in [0.1, 0.15) is 29.2 Å². The summed E-state index contributed by atoms with van der Waals surface area (Å²) in [6, 6.07) is 9.54. The van der Waals surface area contributed by atoms with Crippen molar-refractivity contribution in [1.29, 1.82) is 0 Å². The summed E-state index contributed by atoms with van der Waals surface area (Å²) in [6.07, 6.45) is 2.00. The van der Waals surface area contributed by atoms with E-state index >= 15 is 0 Å². The maximum absolute atomic E-state index is 13.4. The summed E-state index contributed by atoms with van der Waals surface area (Å²) < 4.78 is 13.4. The number of halogens is 2. The van der Waals surface area contributed by atoms with Gasteiger partial charge in [-0.1, -0.05) is 29.8 Å². The molecule has 98 valence electrons. The molecule has 1 nitrogen and oxygen atoms in total. The zero-order valence-electron chi connectivity index (χ0n) is 10.7. The molecule has 0 saturated carbocycles. The molecule has 3 rings (SSSR count). The van der Waals surface area contributed by atoms with Gasteiger partial charge in [0.2, 0.25) is 0 Å². The van der Waals surface area contributed by atoms with Gasteiger partial charge in [0.15, 0.2) is 0 Å². The number of nitrogens with two attached hydrogens (primary N) is 1. The summed E-state index contributed by atoms with van der Waals surface area (Å²) in [7, 11) is 0. The molecule has 0 radical (unpaired) electrons. The molecule has 0 bridgehead atoms. The molecule has 1 unspecified atom stereocenters. The Morgan fingerprint density at radius 1 is 1.26 bits per heavy atom. The van der Waals surface area contributed by atoms with Crippen LogP contribution < -0.4 is 5.73 Å². The zero-order valence-corrected chi connectivity index (χ0v) is 11.5. The lowest BCUT2D eigenvalue weighted by molar-refractivity contribution is 0.619. The fourth-order valence-electron chi connectivity index (χ4n) is 2.70. The molecule has 19 heavy (non-hydrogen) atoms. The molecular formula is C16H15ClFN. The summed E-state index contributed by atoms with van der Waals surface area (Å²) >= 11 is 6.15. The lowest BCUT2D eigenvalue weighted by Crippen LogP contribution is -2.04. The van der Waals surface area contributed by atoms with Crippen LogP contribution in [0.5, 0.6) is 0 Å². The average Bonchev–Trinajstić information content (AvgIpc) is 2.75. The molecule has 1 aliphatic carbocycles. The number of benzene rings is 2. The summed E-state index contributed by atoms with van der Waals surface area (Å²) in [5, 5.41) is 0.449. The van der Waals surface area contributed by atoms with Crippen molar-refractivity contribution in [2.45, 2.75) is 25.8 Å². The van der Waals surface area contributed by atoms with Gasteiger partial charge in [-0.3, -0.25) is 0 Å². The Bertz CT molecular complexity index is 651. The molecule has 0 aliphatic heterocycles. The van der Waals surface area contributed by atoms with Gasteiger partial charge in [-0.25, -0.2) is 4.39 Å². The van der Waals surface area contributed by atoms with Crippen molar-refractivity contribution in [1.82, 2.24) is 0 Å². The first kappa shape index (κ1) is 12.6. The topological polar surface area (TPSA) is 26.0 Å². The van der Waals surface area contributed by atoms with Crippen molar-refractivity contribution in [3.8, 4) is 11.1 Å². The van der Waals surface area contributed by atoms with E-state index in [1.54, 1.807) is 13.0 Å². The Morgan fingerprint density at radius 2 is 2.05 bits per heavy atom. The van der Waals surface area contributed by atoms with Crippen LogP contribution in [-0.4, -0.2) is 0 Å². The van der Waals surface area contributed by atoms with Gasteiger partial charge in [-0.2, -0.15) is 0 Å². The lowest BCUT2D eigenvalue weighted by atomic mass is 9.98. The number of hydrogen-bond acceptors (Lipinski definition) is 1. The third-order valence-corrected chi connectivity index (χ3v) is 4.14. The molecule has 2 N–H and O–H groups in total. The van der Waals surface area contributed by atoms with E-state index in [2.05, 4.69) is 12.1 Å². The molecule has 2 aromatic carbocycles. The Kier molecular flexibility index (Phi) is 3.08. The molecule has 0 fully saturated rings. The third kappa shape index (κ3) is 2.15. The first-order chi connectivity index (χ1) is 9.06. The summed E-state index contributed by atoms with van der Waals surface area (Å²) in [5.74, 6) is -0.267. The minimum absolute atomic E-state index is 0.148. The molecule has 0 aromatic heterocycles. The van der Waals surface area contributed by atoms with E-state index in [0.29, 0.717) is 10.6 Å². The summed E-state index contributed by atoms with van der Waals surface area (Å²) in [6.45, 7) is 1.75. The van der Waals surface area contributed by atoms with E-state index in [-0.39, 0.29) is 11.9 Å². The van der Waals surface area contributed by atoms with Crippen molar-refractivity contribution in [2.24, 2.45) is 5.73 Å². The first-order valence-electron chi connectivity index (χ1n) is 6.40. The highest BCUT2D eigenvalue weighted by atomic mass is 35.5. The predicted molar refractivity (Wildman–Crippen MR) is 76.8 cm³/mol. The third-order valence-electron chi connectivity index (χ3n) is 3.83. The van der Waals surface area contributed by atoms with E-state index < -0.39 is 0 Å². The van der Waals surface area contributed by atoms with Crippen molar-refractivity contribution in [2.75, 3.05) is 0 Å². The normalized spacial score (nSPS) is 17.6. The van der Waals surface area contributed by atoms with Crippen LogP contribution in [0.3, 0.4) is 0 Å². The van der Waals surface area contributed by atoms with Gasteiger partial charge in [-0.05, 0) is 54.2 Å². The smallest absolute Gasteiger partial charge is 0.127 e. The van der Waals surface area contributed by atoms with Crippen molar-refractivity contribution >= 4 is 11.6 Å². The molecule has 1 aliphatic rings. The Labute approximate surface area is 117 Å². The van der Waals surface area contributed by atoms with Gasteiger partial charge in [0.1, 0.15) is 5.82 Å². The van der Waals surface area contributed by atoms with Crippen LogP contribution in [0.2, 0.25) is 5.02 Å². The predicted octanol–water partition coefficient (Wildman–Crippen LogP) is 4.40. The van der Waals surface area contributed by atoms with Gasteiger partial charge in [0.05, 0.1) is 5.02 Å². The quantitative estimate of drug-likeness (QED) is 0.820.